The molecule has 0 aliphatic carbocycles. The molecule has 5 heteroatoms. The molecule has 0 saturated heterocycles. The molecule has 5 nitrogen and oxygen atoms in total. The first-order chi connectivity index (χ1) is 15.0. The fourth-order valence-electron chi connectivity index (χ4n) is 3.58. The van der Waals surface area contributed by atoms with Crippen LogP contribution in [0, 0.1) is 5.41 Å². The second-order valence-corrected chi connectivity index (χ2v) is 7.63. The van der Waals surface area contributed by atoms with E-state index in [1.807, 2.05) is 60.7 Å². The van der Waals surface area contributed by atoms with Gasteiger partial charge in [0.1, 0.15) is 12.4 Å². The van der Waals surface area contributed by atoms with Crippen LogP contribution in [0.3, 0.4) is 0 Å². The van der Waals surface area contributed by atoms with Gasteiger partial charge >= 0.3 is 11.9 Å². The number of ether oxygens (including phenoxy) is 1. The van der Waals surface area contributed by atoms with Crippen molar-refractivity contribution >= 4 is 11.9 Å². The first kappa shape index (κ1) is 22.1. The average molecular weight is 418 g/mol. The number of carboxylic acid groups (broad SMARTS) is 2. The van der Waals surface area contributed by atoms with Gasteiger partial charge < -0.3 is 14.9 Å². The van der Waals surface area contributed by atoms with Crippen molar-refractivity contribution in [2.75, 3.05) is 0 Å². The topological polar surface area (TPSA) is 83.8 Å². The molecule has 0 aliphatic heterocycles. The lowest BCUT2D eigenvalue weighted by molar-refractivity contribution is -0.165. The van der Waals surface area contributed by atoms with Crippen LogP contribution in [0.15, 0.2) is 84.9 Å². The summed E-state index contributed by atoms with van der Waals surface area (Å²) in [5, 5.41) is 19.6. The number of benzene rings is 3. The van der Waals surface area contributed by atoms with Gasteiger partial charge in [0.15, 0.2) is 5.41 Å². The lowest BCUT2D eigenvalue weighted by Crippen LogP contribution is -2.41. The van der Waals surface area contributed by atoms with Crippen molar-refractivity contribution in [2.45, 2.75) is 32.3 Å². The van der Waals surface area contributed by atoms with E-state index in [0.717, 1.165) is 11.1 Å². The Labute approximate surface area is 181 Å². The van der Waals surface area contributed by atoms with Crippen LogP contribution >= 0.6 is 0 Å². The molecular formula is C26H26O5. The molecule has 2 N–H and O–H groups in total. The zero-order valence-electron chi connectivity index (χ0n) is 17.2. The Hall–Kier alpha value is -3.60. The number of carboxylic acids is 2. The normalized spacial score (nSPS) is 11.1. The van der Waals surface area contributed by atoms with E-state index >= 15 is 0 Å². The molecule has 0 saturated carbocycles. The van der Waals surface area contributed by atoms with E-state index in [1.165, 1.54) is 0 Å². The summed E-state index contributed by atoms with van der Waals surface area (Å²) in [6, 6.07) is 26.4. The van der Waals surface area contributed by atoms with Gasteiger partial charge in [-0.2, -0.15) is 0 Å². The molecule has 0 amide bonds. The Morgan fingerprint density at radius 3 is 1.81 bits per heavy atom. The summed E-state index contributed by atoms with van der Waals surface area (Å²) in [4.78, 5) is 24.1. The minimum absolute atomic E-state index is 0.0544. The number of hydrogen-bond donors (Lipinski definition) is 2. The van der Waals surface area contributed by atoms with Gasteiger partial charge in [-0.1, -0.05) is 72.8 Å². The third kappa shape index (κ3) is 5.95. The molecule has 0 atom stereocenters. The SMILES string of the molecule is O=C(O)C(CCCc1ccccc1)(Cc1ccc(OCc2ccccc2)cc1)C(=O)O. The first-order valence-electron chi connectivity index (χ1n) is 10.3. The summed E-state index contributed by atoms with van der Waals surface area (Å²) in [6.07, 6.45) is 1.08. The van der Waals surface area contributed by atoms with Gasteiger partial charge in [-0.3, -0.25) is 9.59 Å². The van der Waals surface area contributed by atoms with E-state index < -0.39 is 17.4 Å². The van der Waals surface area contributed by atoms with Crippen molar-refractivity contribution in [1.82, 2.24) is 0 Å². The summed E-state index contributed by atoms with van der Waals surface area (Å²) in [5.74, 6) is -1.97. The average Bonchev–Trinajstić information content (AvgIpc) is 2.79. The molecule has 0 unspecified atom stereocenters. The smallest absolute Gasteiger partial charge is 0.321 e. The number of carbonyl (C=O) groups is 2. The summed E-state index contributed by atoms with van der Waals surface area (Å²) >= 11 is 0. The second-order valence-electron chi connectivity index (χ2n) is 7.63. The van der Waals surface area contributed by atoms with Gasteiger partial charge in [0.25, 0.3) is 0 Å². The number of aliphatic carboxylic acids is 2. The first-order valence-corrected chi connectivity index (χ1v) is 10.3. The lowest BCUT2D eigenvalue weighted by Gasteiger charge is -2.25. The molecule has 3 rings (SSSR count). The zero-order valence-corrected chi connectivity index (χ0v) is 17.2. The summed E-state index contributed by atoms with van der Waals surface area (Å²) in [6.45, 7) is 0.424. The van der Waals surface area contributed by atoms with Crippen LogP contribution < -0.4 is 4.74 Å². The standard InChI is InChI=1S/C26H26O5/c27-24(28)26(25(29)30,17-7-12-20-8-3-1-4-9-20)18-21-13-15-23(16-14-21)31-19-22-10-5-2-6-11-22/h1-6,8-11,13-16H,7,12,17-19H2,(H,27,28)(H,29,30). The van der Waals surface area contributed by atoms with Crippen molar-refractivity contribution in [3.63, 3.8) is 0 Å². The van der Waals surface area contributed by atoms with Crippen LogP contribution in [0.5, 0.6) is 5.75 Å². The maximum absolute atomic E-state index is 12.0. The van der Waals surface area contributed by atoms with Gasteiger partial charge in [0, 0.05) is 0 Å². The molecule has 0 radical (unpaired) electrons. The van der Waals surface area contributed by atoms with E-state index in [0.29, 0.717) is 30.8 Å². The van der Waals surface area contributed by atoms with Crippen molar-refractivity contribution in [2.24, 2.45) is 5.41 Å². The fourth-order valence-corrected chi connectivity index (χ4v) is 3.58. The van der Waals surface area contributed by atoms with Crippen molar-refractivity contribution < 1.29 is 24.5 Å². The highest BCUT2D eigenvalue weighted by Gasteiger charge is 2.46. The van der Waals surface area contributed by atoms with E-state index in [9.17, 15) is 19.8 Å². The monoisotopic (exact) mass is 418 g/mol. The Kier molecular flexibility index (Phi) is 7.44. The Morgan fingerprint density at radius 2 is 1.26 bits per heavy atom. The molecular weight excluding hydrogens is 392 g/mol. The summed E-state index contributed by atoms with van der Waals surface area (Å²) < 4.78 is 5.75. The predicted molar refractivity (Wildman–Crippen MR) is 118 cm³/mol. The Morgan fingerprint density at radius 1 is 0.710 bits per heavy atom. The highest BCUT2D eigenvalue weighted by molar-refractivity contribution is 5.98. The number of rotatable bonds is 11. The van der Waals surface area contributed by atoms with E-state index in [-0.39, 0.29) is 12.8 Å². The third-order valence-electron chi connectivity index (χ3n) is 5.41. The molecule has 3 aromatic carbocycles. The maximum Gasteiger partial charge on any atom is 0.321 e. The van der Waals surface area contributed by atoms with Crippen LogP contribution in [-0.2, 0) is 29.0 Å². The van der Waals surface area contributed by atoms with Gasteiger partial charge in [0.2, 0.25) is 0 Å². The quantitative estimate of drug-likeness (QED) is 0.429. The van der Waals surface area contributed by atoms with Gasteiger partial charge in [-0.05, 0) is 54.5 Å². The highest BCUT2D eigenvalue weighted by atomic mass is 16.5. The van der Waals surface area contributed by atoms with E-state index in [4.69, 9.17) is 4.74 Å². The third-order valence-corrected chi connectivity index (χ3v) is 5.41. The zero-order chi connectivity index (χ0) is 22.1. The fraction of sp³-hybridized carbons (Fsp3) is 0.231. The molecule has 3 aromatic rings. The minimum Gasteiger partial charge on any atom is -0.489 e. The molecule has 0 aromatic heterocycles. The van der Waals surface area contributed by atoms with Crippen LogP contribution in [-0.4, -0.2) is 22.2 Å². The molecule has 0 heterocycles. The molecule has 160 valence electrons. The van der Waals surface area contributed by atoms with E-state index in [1.54, 1.807) is 24.3 Å². The predicted octanol–water partition coefficient (Wildman–Crippen LogP) is 4.99. The summed E-state index contributed by atoms with van der Waals surface area (Å²) in [7, 11) is 0. The number of aryl methyl sites for hydroxylation is 1. The lowest BCUT2D eigenvalue weighted by atomic mass is 9.77. The van der Waals surface area contributed by atoms with Crippen molar-refractivity contribution in [1.29, 1.82) is 0 Å². The highest BCUT2D eigenvalue weighted by Crippen LogP contribution is 2.31. The minimum atomic E-state index is -1.86. The molecule has 0 aliphatic rings. The Balaban J connectivity index is 1.65. The summed E-state index contributed by atoms with van der Waals surface area (Å²) in [5.41, 5.74) is 0.894. The van der Waals surface area contributed by atoms with Crippen molar-refractivity contribution in [3.8, 4) is 5.75 Å². The molecule has 0 bridgehead atoms. The van der Waals surface area contributed by atoms with Crippen LogP contribution in [0.4, 0.5) is 0 Å². The van der Waals surface area contributed by atoms with E-state index in [2.05, 4.69) is 0 Å². The second kappa shape index (κ2) is 10.4. The van der Waals surface area contributed by atoms with Gasteiger partial charge in [-0.15, -0.1) is 0 Å². The van der Waals surface area contributed by atoms with Gasteiger partial charge in [0.05, 0.1) is 0 Å². The molecule has 31 heavy (non-hydrogen) atoms. The molecule has 0 fully saturated rings. The van der Waals surface area contributed by atoms with Crippen LogP contribution in [0.25, 0.3) is 0 Å². The van der Waals surface area contributed by atoms with Gasteiger partial charge in [-0.25, -0.2) is 0 Å². The largest absolute Gasteiger partial charge is 0.489 e. The maximum atomic E-state index is 12.0. The van der Waals surface area contributed by atoms with Crippen LogP contribution in [0.2, 0.25) is 0 Å². The van der Waals surface area contributed by atoms with Crippen LogP contribution in [0.1, 0.15) is 29.5 Å². The van der Waals surface area contributed by atoms with Crippen molar-refractivity contribution in [3.05, 3.63) is 102 Å². The number of hydrogen-bond acceptors (Lipinski definition) is 3. The molecule has 0 spiro atoms. The Bertz CT molecular complexity index is 967.